The third-order valence-electron chi connectivity index (χ3n) is 2.42. The van der Waals surface area contributed by atoms with E-state index in [4.69, 9.17) is 5.11 Å². The molecule has 0 heterocycles. The van der Waals surface area contributed by atoms with Crippen LogP contribution in [0.2, 0.25) is 0 Å². The average Bonchev–Trinajstić information content (AvgIpc) is 2.38. The van der Waals surface area contributed by atoms with Gasteiger partial charge in [0.05, 0.1) is 25.0 Å². The highest BCUT2D eigenvalue weighted by Gasteiger charge is 2.14. The average molecular weight is 251 g/mol. The second-order valence-electron chi connectivity index (χ2n) is 3.83. The van der Waals surface area contributed by atoms with Gasteiger partial charge in [-0.15, -0.1) is 0 Å². The maximum atomic E-state index is 11.5. The molecule has 0 aliphatic rings. The first-order chi connectivity index (χ1) is 8.62. The van der Waals surface area contributed by atoms with Gasteiger partial charge in [-0.2, -0.15) is 0 Å². The number of esters is 1. The number of hydrogen-bond donors (Lipinski definition) is 2. The van der Waals surface area contributed by atoms with E-state index in [0.717, 1.165) is 6.42 Å². The Balaban J connectivity index is 3.03. The van der Waals surface area contributed by atoms with E-state index in [1.54, 1.807) is 12.1 Å². The summed E-state index contributed by atoms with van der Waals surface area (Å²) in [5.74, 6) is -0.691. The predicted octanol–water partition coefficient (Wildman–Crippen LogP) is 1.70. The van der Waals surface area contributed by atoms with Gasteiger partial charge in [0.2, 0.25) is 5.91 Å². The molecule has 0 saturated carbocycles. The molecule has 0 radical (unpaired) electrons. The number of carbonyl (C=O) groups excluding carboxylic acids is 2. The van der Waals surface area contributed by atoms with E-state index in [1.807, 2.05) is 6.92 Å². The van der Waals surface area contributed by atoms with E-state index in [9.17, 15) is 9.59 Å². The van der Waals surface area contributed by atoms with Crippen molar-refractivity contribution in [3.05, 3.63) is 29.3 Å². The number of rotatable bonds is 5. The Kier molecular flexibility index (Phi) is 5.32. The monoisotopic (exact) mass is 251 g/mol. The lowest BCUT2D eigenvalue weighted by atomic mass is 10.1. The molecule has 5 heteroatoms. The van der Waals surface area contributed by atoms with Crippen molar-refractivity contribution in [2.24, 2.45) is 0 Å². The van der Waals surface area contributed by atoms with Gasteiger partial charge >= 0.3 is 5.97 Å². The number of methoxy groups -OCH3 is 1. The SMILES string of the molecule is CCCC(=O)Nc1cc(CO)ccc1C(=O)OC. The van der Waals surface area contributed by atoms with Gasteiger partial charge in [-0.25, -0.2) is 4.79 Å². The number of ether oxygens (including phenoxy) is 1. The first-order valence-electron chi connectivity index (χ1n) is 5.74. The number of benzene rings is 1. The van der Waals surface area contributed by atoms with Crippen LogP contribution in [0.15, 0.2) is 18.2 Å². The van der Waals surface area contributed by atoms with E-state index >= 15 is 0 Å². The molecule has 2 N–H and O–H groups in total. The molecule has 0 aliphatic carbocycles. The fraction of sp³-hybridized carbons (Fsp3) is 0.385. The maximum absolute atomic E-state index is 11.5. The van der Waals surface area contributed by atoms with Crippen LogP contribution in [0.5, 0.6) is 0 Å². The lowest BCUT2D eigenvalue weighted by Crippen LogP contribution is -2.15. The number of anilines is 1. The minimum atomic E-state index is -0.522. The predicted molar refractivity (Wildman–Crippen MR) is 67.2 cm³/mol. The fourth-order valence-electron chi connectivity index (χ4n) is 1.52. The summed E-state index contributed by atoms with van der Waals surface area (Å²) in [6.45, 7) is 1.74. The maximum Gasteiger partial charge on any atom is 0.339 e. The first-order valence-corrected chi connectivity index (χ1v) is 5.74. The standard InChI is InChI=1S/C13H17NO4/c1-3-4-12(16)14-11-7-9(8-15)5-6-10(11)13(17)18-2/h5-7,15H,3-4,8H2,1-2H3,(H,14,16). The number of amides is 1. The van der Waals surface area contributed by atoms with Crippen LogP contribution >= 0.6 is 0 Å². The third kappa shape index (κ3) is 3.56. The van der Waals surface area contributed by atoms with Crippen molar-refractivity contribution in [3.63, 3.8) is 0 Å². The number of carbonyl (C=O) groups is 2. The summed E-state index contributed by atoms with van der Waals surface area (Å²) in [4.78, 5) is 23.1. The third-order valence-corrected chi connectivity index (χ3v) is 2.42. The molecule has 1 amide bonds. The fourth-order valence-corrected chi connectivity index (χ4v) is 1.52. The molecule has 0 atom stereocenters. The molecule has 0 aromatic heterocycles. The minimum Gasteiger partial charge on any atom is -0.465 e. The van der Waals surface area contributed by atoms with Gasteiger partial charge in [0.15, 0.2) is 0 Å². The Morgan fingerprint density at radius 1 is 1.39 bits per heavy atom. The number of hydrogen-bond acceptors (Lipinski definition) is 4. The number of aliphatic hydroxyl groups is 1. The Bertz CT molecular complexity index is 443. The van der Waals surface area contributed by atoms with Crippen molar-refractivity contribution in [1.82, 2.24) is 0 Å². The van der Waals surface area contributed by atoms with E-state index in [2.05, 4.69) is 10.1 Å². The quantitative estimate of drug-likeness (QED) is 0.781. The molecule has 1 aromatic rings. The Morgan fingerprint density at radius 2 is 2.11 bits per heavy atom. The van der Waals surface area contributed by atoms with Crippen LogP contribution in [0.25, 0.3) is 0 Å². The molecule has 0 spiro atoms. The molecule has 0 unspecified atom stereocenters. The van der Waals surface area contributed by atoms with Crippen LogP contribution < -0.4 is 5.32 Å². The Hall–Kier alpha value is -1.88. The normalized spacial score (nSPS) is 9.94. The zero-order chi connectivity index (χ0) is 13.5. The van der Waals surface area contributed by atoms with Crippen molar-refractivity contribution < 1.29 is 19.4 Å². The van der Waals surface area contributed by atoms with Gasteiger partial charge in [0.25, 0.3) is 0 Å². The molecule has 5 nitrogen and oxygen atoms in total. The molecule has 0 fully saturated rings. The number of nitrogens with one attached hydrogen (secondary N) is 1. The van der Waals surface area contributed by atoms with Crippen LogP contribution in [0.3, 0.4) is 0 Å². The van der Waals surface area contributed by atoms with Gasteiger partial charge < -0.3 is 15.2 Å². The molecule has 98 valence electrons. The smallest absolute Gasteiger partial charge is 0.339 e. The highest BCUT2D eigenvalue weighted by Crippen LogP contribution is 2.19. The molecular weight excluding hydrogens is 234 g/mol. The summed E-state index contributed by atoms with van der Waals surface area (Å²) in [5.41, 5.74) is 1.26. The summed E-state index contributed by atoms with van der Waals surface area (Å²) in [6, 6.07) is 4.71. The molecule has 1 aromatic carbocycles. The largest absolute Gasteiger partial charge is 0.465 e. The summed E-state index contributed by atoms with van der Waals surface area (Å²) < 4.78 is 4.64. The van der Waals surface area contributed by atoms with E-state index < -0.39 is 5.97 Å². The lowest BCUT2D eigenvalue weighted by molar-refractivity contribution is -0.116. The summed E-state index contributed by atoms with van der Waals surface area (Å²) >= 11 is 0. The van der Waals surface area contributed by atoms with Crippen molar-refractivity contribution in [1.29, 1.82) is 0 Å². The molecule has 18 heavy (non-hydrogen) atoms. The summed E-state index contributed by atoms with van der Waals surface area (Å²) in [5, 5.41) is 11.7. The van der Waals surface area contributed by atoms with Crippen molar-refractivity contribution in [2.45, 2.75) is 26.4 Å². The van der Waals surface area contributed by atoms with Crippen LogP contribution in [-0.2, 0) is 16.1 Å². The molecule has 0 saturated heterocycles. The van der Waals surface area contributed by atoms with Gasteiger partial charge in [-0.05, 0) is 24.1 Å². The second-order valence-corrected chi connectivity index (χ2v) is 3.83. The van der Waals surface area contributed by atoms with Gasteiger partial charge in [0, 0.05) is 6.42 Å². The molecular formula is C13H17NO4. The summed E-state index contributed by atoms with van der Waals surface area (Å²) in [6.07, 6.45) is 1.10. The zero-order valence-electron chi connectivity index (χ0n) is 10.5. The Labute approximate surface area is 106 Å². The summed E-state index contributed by atoms with van der Waals surface area (Å²) in [7, 11) is 1.28. The lowest BCUT2D eigenvalue weighted by Gasteiger charge is -2.10. The molecule has 0 aliphatic heterocycles. The van der Waals surface area contributed by atoms with E-state index in [-0.39, 0.29) is 18.1 Å². The topological polar surface area (TPSA) is 75.6 Å². The van der Waals surface area contributed by atoms with Crippen LogP contribution in [-0.4, -0.2) is 24.1 Å². The molecule has 1 rings (SSSR count). The Morgan fingerprint density at radius 3 is 2.67 bits per heavy atom. The van der Waals surface area contributed by atoms with Crippen LogP contribution in [0.4, 0.5) is 5.69 Å². The second kappa shape index (κ2) is 6.76. The minimum absolute atomic E-state index is 0.155. The highest BCUT2D eigenvalue weighted by atomic mass is 16.5. The van der Waals surface area contributed by atoms with Gasteiger partial charge in [-0.1, -0.05) is 13.0 Å². The zero-order valence-corrected chi connectivity index (χ0v) is 10.5. The first kappa shape index (κ1) is 14.2. The van der Waals surface area contributed by atoms with Crippen molar-refractivity contribution >= 4 is 17.6 Å². The van der Waals surface area contributed by atoms with E-state index in [1.165, 1.54) is 13.2 Å². The van der Waals surface area contributed by atoms with Crippen molar-refractivity contribution in [2.75, 3.05) is 12.4 Å². The van der Waals surface area contributed by atoms with Crippen LogP contribution in [0, 0.1) is 0 Å². The number of aliphatic hydroxyl groups excluding tert-OH is 1. The van der Waals surface area contributed by atoms with E-state index in [0.29, 0.717) is 17.7 Å². The van der Waals surface area contributed by atoms with Gasteiger partial charge in [0.1, 0.15) is 0 Å². The van der Waals surface area contributed by atoms with Crippen molar-refractivity contribution in [3.8, 4) is 0 Å². The van der Waals surface area contributed by atoms with Crippen LogP contribution in [0.1, 0.15) is 35.7 Å². The highest BCUT2D eigenvalue weighted by molar-refractivity contribution is 6.01. The molecule has 0 bridgehead atoms. The van der Waals surface area contributed by atoms with Gasteiger partial charge in [-0.3, -0.25) is 4.79 Å².